The summed E-state index contributed by atoms with van der Waals surface area (Å²) in [7, 11) is 1.28. The largest absolute Gasteiger partial charge is 0.465 e. The highest BCUT2D eigenvalue weighted by atomic mass is 19.4. The highest BCUT2D eigenvalue weighted by Gasteiger charge is 2.33. The molecular weight excluding hydrogens is 373 g/mol. The van der Waals surface area contributed by atoms with Crippen LogP contribution in [0.2, 0.25) is 0 Å². The van der Waals surface area contributed by atoms with Gasteiger partial charge in [-0.15, -0.1) is 0 Å². The molecule has 0 amide bonds. The van der Waals surface area contributed by atoms with E-state index in [2.05, 4.69) is 25.3 Å². The number of anilines is 4. The van der Waals surface area contributed by atoms with Crippen LogP contribution in [-0.4, -0.2) is 23.0 Å². The van der Waals surface area contributed by atoms with E-state index in [4.69, 9.17) is 0 Å². The lowest BCUT2D eigenvalue weighted by molar-refractivity contribution is -0.136. The zero-order valence-corrected chi connectivity index (χ0v) is 14.6. The van der Waals surface area contributed by atoms with Gasteiger partial charge < -0.3 is 15.4 Å². The van der Waals surface area contributed by atoms with Gasteiger partial charge in [0.1, 0.15) is 18.0 Å². The molecule has 0 aliphatic carbocycles. The van der Waals surface area contributed by atoms with E-state index in [0.29, 0.717) is 17.1 Å². The number of nitrogens with one attached hydrogen (secondary N) is 2. The Morgan fingerprint density at radius 3 is 2.39 bits per heavy atom. The number of alkyl halides is 3. The predicted octanol–water partition coefficient (Wildman–Crippen LogP) is 4.77. The molecular formula is C19H15F3N4O2. The van der Waals surface area contributed by atoms with Crippen LogP contribution in [0.4, 0.5) is 36.2 Å². The molecule has 0 radical (unpaired) electrons. The number of carbonyl (C=O) groups excluding carboxylic acids is 1. The third kappa shape index (κ3) is 4.56. The Morgan fingerprint density at radius 1 is 0.964 bits per heavy atom. The maximum absolute atomic E-state index is 13.1. The monoisotopic (exact) mass is 388 g/mol. The summed E-state index contributed by atoms with van der Waals surface area (Å²) in [5.41, 5.74) is -0.0107. The molecule has 9 heteroatoms. The van der Waals surface area contributed by atoms with Gasteiger partial charge in [0.2, 0.25) is 0 Å². The van der Waals surface area contributed by atoms with Crippen LogP contribution in [0.15, 0.2) is 60.9 Å². The van der Waals surface area contributed by atoms with Gasteiger partial charge in [0.25, 0.3) is 0 Å². The number of carbonyl (C=O) groups is 1. The Morgan fingerprint density at radius 2 is 1.68 bits per heavy atom. The summed E-state index contributed by atoms with van der Waals surface area (Å²) in [6, 6.07) is 13.1. The highest BCUT2D eigenvalue weighted by Crippen LogP contribution is 2.35. The van der Waals surface area contributed by atoms with Crippen LogP contribution >= 0.6 is 0 Å². The van der Waals surface area contributed by atoms with Crippen LogP contribution in [0.5, 0.6) is 0 Å². The van der Waals surface area contributed by atoms with Crippen molar-refractivity contribution < 1.29 is 22.7 Å². The summed E-state index contributed by atoms with van der Waals surface area (Å²) in [6.07, 6.45) is -3.28. The van der Waals surface area contributed by atoms with Crippen LogP contribution in [0.1, 0.15) is 15.9 Å². The van der Waals surface area contributed by atoms with Gasteiger partial charge in [0, 0.05) is 11.8 Å². The third-order valence-corrected chi connectivity index (χ3v) is 3.72. The number of para-hydroxylation sites is 1. The van der Waals surface area contributed by atoms with E-state index in [1.54, 1.807) is 24.3 Å². The predicted molar refractivity (Wildman–Crippen MR) is 97.8 cm³/mol. The molecule has 6 nitrogen and oxygen atoms in total. The molecule has 0 aliphatic rings. The van der Waals surface area contributed by atoms with E-state index in [1.165, 1.54) is 37.7 Å². The van der Waals surface area contributed by atoms with Gasteiger partial charge in [0.05, 0.1) is 23.9 Å². The minimum Gasteiger partial charge on any atom is -0.465 e. The molecule has 28 heavy (non-hydrogen) atoms. The minimum absolute atomic E-state index is 0.118. The fourth-order valence-electron chi connectivity index (χ4n) is 2.46. The summed E-state index contributed by atoms with van der Waals surface area (Å²) in [5.74, 6) is 0.0276. The second kappa shape index (κ2) is 7.95. The summed E-state index contributed by atoms with van der Waals surface area (Å²) >= 11 is 0. The average molecular weight is 388 g/mol. The Hall–Kier alpha value is -3.62. The lowest BCUT2D eigenvalue weighted by atomic mass is 10.1. The number of esters is 1. The van der Waals surface area contributed by atoms with Crippen LogP contribution in [0, 0.1) is 0 Å². The van der Waals surface area contributed by atoms with Crippen molar-refractivity contribution in [2.75, 3.05) is 17.7 Å². The second-order valence-electron chi connectivity index (χ2n) is 5.65. The second-order valence-corrected chi connectivity index (χ2v) is 5.65. The first-order valence-corrected chi connectivity index (χ1v) is 8.07. The maximum Gasteiger partial charge on any atom is 0.418 e. The fourth-order valence-corrected chi connectivity index (χ4v) is 2.46. The van der Waals surface area contributed by atoms with Gasteiger partial charge in [-0.3, -0.25) is 0 Å². The molecule has 0 unspecified atom stereocenters. The van der Waals surface area contributed by atoms with Gasteiger partial charge in [-0.25, -0.2) is 14.8 Å². The van der Waals surface area contributed by atoms with Crippen molar-refractivity contribution in [3.05, 3.63) is 72.1 Å². The van der Waals surface area contributed by atoms with Crippen molar-refractivity contribution in [1.29, 1.82) is 0 Å². The molecule has 3 rings (SSSR count). The van der Waals surface area contributed by atoms with Crippen LogP contribution in [-0.2, 0) is 10.9 Å². The minimum atomic E-state index is -4.49. The Labute approximate surface area is 158 Å². The lowest BCUT2D eigenvalue weighted by Crippen LogP contribution is -2.09. The topological polar surface area (TPSA) is 76.1 Å². The van der Waals surface area contributed by atoms with Crippen molar-refractivity contribution in [3.8, 4) is 0 Å². The van der Waals surface area contributed by atoms with Gasteiger partial charge in [-0.1, -0.05) is 18.2 Å². The van der Waals surface area contributed by atoms with Gasteiger partial charge in [-0.2, -0.15) is 13.2 Å². The smallest absolute Gasteiger partial charge is 0.418 e. The Bertz CT molecular complexity index is 993. The molecule has 0 saturated heterocycles. The molecule has 144 valence electrons. The SMILES string of the molecule is COC(=O)c1cccc(Nc2cc(Nc3ccccc3C(F)(F)F)ncn2)c1. The normalized spacial score (nSPS) is 11.0. The molecule has 0 fully saturated rings. The van der Waals surface area contributed by atoms with Crippen molar-refractivity contribution in [2.45, 2.75) is 6.18 Å². The number of rotatable bonds is 5. The van der Waals surface area contributed by atoms with E-state index >= 15 is 0 Å². The Balaban J connectivity index is 1.82. The molecule has 0 atom stereocenters. The van der Waals surface area contributed by atoms with E-state index < -0.39 is 17.7 Å². The van der Waals surface area contributed by atoms with Gasteiger partial charge >= 0.3 is 12.1 Å². The maximum atomic E-state index is 13.1. The van der Waals surface area contributed by atoms with Crippen LogP contribution in [0.25, 0.3) is 0 Å². The summed E-state index contributed by atoms with van der Waals surface area (Å²) in [6.45, 7) is 0. The first-order chi connectivity index (χ1) is 13.4. The first kappa shape index (κ1) is 19.2. The van der Waals surface area contributed by atoms with Crippen molar-refractivity contribution >= 4 is 29.0 Å². The summed E-state index contributed by atoms with van der Waals surface area (Å²) in [4.78, 5) is 19.6. The van der Waals surface area contributed by atoms with E-state index in [-0.39, 0.29) is 11.5 Å². The van der Waals surface area contributed by atoms with Crippen molar-refractivity contribution in [2.24, 2.45) is 0 Å². The quantitative estimate of drug-likeness (QED) is 0.614. The van der Waals surface area contributed by atoms with Crippen LogP contribution < -0.4 is 10.6 Å². The molecule has 2 N–H and O–H groups in total. The van der Waals surface area contributed by atoms with Crippen molar-refractivity contribution in [3.63, 3.8) is 0 Å². The van der Waals surface area contributed by atoms with Crippen LogP contribution in [0.3, 0.4) is 0 Å². The number of benzene rings is 2. The highest BCUT2D eigenvalue weighted by molar-refractivity contribution is 5.90. The zero-order chi connectivity index (χ0) is 20.1. The fraction of sp³-hybridized carbons (Fsp3) is 0.105. The molecule has 0 aliphatic heterocycles. The van der Waals surface area contributed by atoms with Gasteiger partial charge in [0.15, 0.2) is 0 Å². The zero-order valence-electron chi connectivity index (χ0n) is 14.6. The number of nitrogens with zero attached hydrogens (tertiary/aromatic N) is 2. The number of hydrogen-bond acceptors (Lipinski definition) is 6. The third-order valence-electron chi connectivity index (χ3n) is 3.72. The summed E-state index contributed by atoms with van der Waals surface area (Å²) in [5, 5.41) is 5.63. The number of hydrogen-bond donors (Lipinski definition) is 2. The summed E-state index contributed by atoms with van der Waals surface area (Å²) < 4.78 is 44.1. The molecule has 0 bridgehead atoms. The van der Waals surface area contributed by atoms with E-state index in [0.717, 1.165) is 6.07 Å². The number of methoxy groups -OCH3 is 1. The van der Waals surface area contributed by atoms with Crippen molar-refractivity contribution in [1.82, 2.24) is 9.97 Å². The molecule has 3 aromatic rings. The lowest BCUT2D eigenvalue weighted by Gasteiger charge is -2.14. The Kier molecular flexibility index (Phi) is 5.44. The number of ether oxygens (including phenoxy) is 1. The van der Waals surface area contributed by atoms with E-state index in [9.17, 15) is 18.0 Å². The molecule has 1 aromatic heterocycles. The van der Waals surface area contributed by atoms with Gasteiger partial charge in [-0.05, 0) is 30.3 Å². The first-order valence-electron chi connectivity index (χ1n) is 8.07. The number of halogens is 3. The molecule has 0 saturated carbocycles. The van der Waals surface area contributed by atoms with E-state index in [1.807, 2.05) is 0 Å². The molecule has 1 heterocycles. The molecule has 2 aromatic carbocycles. The number of aromatic nitrogens is 2. The molecule has 0 spiro atoms. The average Bonchev–Trinajstić information content (AvgIpc) is 2.67. The standard InChI is InChI=1S/C19H15F3N4O2/c1-28-18(27)12-5-4-6-13(9-12)25-16-10-17(24-11-23-16)26-15-8-3-2-7-14(15)19(20,21)22/h2-11H,1H3,(H2,23,24,25,26).